The van der Waals surface area contributed by atoms with E-state index in [0.29, 0.717) is 46.7 Å². The number of para-hydroxylation sites is 2. The molecular weight excluding hydrogens is 388 g/mol. The van der Waals surface area contributed by atoms with Gasteiger partial charge in [-0.25, -0.2) is 0 Å². The van der Waals surface area contributed by atoms with Crippen LogP contribution >= 0.6 is 23.1 Å². The zero-order valence-electron chi connectivity index (χ0n) is 13.8. The Morgan fingerprint density at radius 3 is 2.93 bits per heavy atom. The van der Waals surface area contributed by atoms with E-state index in [4.69, 9.17) is 18.4 Å². The van der Waals surface area contributed by atoms with Crippen molar-refractivity contribution in [2.24, 2.45) is 0 Å². The van der Waals surface area contributed by atoms with Crippen molar-refractivity contribution >= 4 is 23.1 Å². The molecule has 5 rings (SSSR count). The summed E-state index contributed by atoms with van der Waals surface area (Å²) in [5.41, 5.74) is 0. The summed E-state index contributed by atoms with van der Waals surface area (Å²) in [4.78, 5) is 5.31. The summed E-state index contributed by atoms with van der Waals surface area (Å²) in [5.74, 6) is 3.28. The van der Waals surface area contributed by atoms with Gasteiger partial charge in [-0.05, 0) is 23.6 Å². The number of benzene rings is 1. The molecule has 0 N–H and O–H groups in total. The van der Waals surface area contributed by atoms with Crippen LogP contribution in [0.15, 0.2) is 55.9 Å². The molecule has 0 amide bonds. The molecule has 1 aromatic carbocycles. The standard InChI is InChI=1S/C17H12N4O4S2/c1-2-5-11-10(4-1)22-8-12(23-11)15-19-20-17(24-15)27-9-14-18-16(25-21-14)13-6-3-7-26-13/h1-7,12H,8-9H2. The molecule has 1 unspecified atom stereocenters. The fourth-order valence-electron chi connectivity index (χ4n) is 2.49. The normalized spacial score (nSPS) is 15.8. The second-order valence-electron chi connectivity index (χ2n) is 5.55. The average Bonchev–Trinajstić information content (AvgIpc) is 3.47. The van der Waals surface area contributed by atoms with Crippen LogP contribution in [0.25, 0.3) is 10.8 Å². The summed E-state index contributed by atoms with van der Waals surface area (Å²) in [6.45, 7) is 0.318. The van der Waals surface area contributed by atoms with E-state index in [-0.39, 0.29) is 0 Å². The topological polar surface area (TPSA) is 96.3 Å². The third-order valence-electron chi connectivity index (χ3n) is 3.73. The summed E-state index contributed by atoms with van der Waals surface area (Å²) in [6.07, 6.45) is -0.433. The van der Waals surface area contributed by atoms with Gasteiger partial charge in [-0.1, -0.05) is 35.1 Å². The first-order valence-corrected chi connectivity index (χ1v) is 9.93. The summed E-state index contributed by atoms with van der Waals surface area (Å²) in [5, 5.41) is 14.5. The van der Waals surface area contributed by atoms with Crippen molar-refractivity contribution < 1.29 is 18.4 Å². The van der Waals surface area contributed by atoms with E-state index in [2.05, 4.69) is 20.3 Å². The molecule has 27 heavy (non-hydrogen) atoms. The van der Waals surface area contributed by atoms with Crippen molar-refractivity contribution in [1.29, 1.82) is 0 Å². The zero-order valence-corrected chi connectivity index (χ0v) is 15.4. The third-order valence-corrected chi connectivity index (χ3v) is 5.40. The second kappa shape index (κ2) is 7.05. The Morgan fingerprint density at radius 2 is 2.04 bits per heavy atom. The SMILES string of the molecule is c1csc(-c2nc(CSc3nnc(C4COc5ccccc5O4)o3)no2)c1. The first-order chi connectivity index (χ1) is 13.3. The van der Waals surface area contributed by atoms with Crippen LogP contribution in [-0.2, 0) is 5.75 Å². The molecule has 10 heteroatoms. The Hall–Kier alpha value is -2.85. The number of fused-ring (bicyclic) bond motifs is 1. The largest absolute Gasteiger partial charge is 0.485 e. The number of rotatable bonds is 5. The van der Waals surface area contributed by atoms with E-state index in [1.165, 1.54) is 11.8 Å². The predicted molar refractivity (Wildman–Crippen MR) is 96.8 cm³/mol. The lowest BCUT2D eigenvalue weighted by Crippen LogP contribution is -2.21. The van der Waals surface area contributed by atoms with Crippen molar-refractivity contribution in [3.05, 3.63) is 53.5 Å². The van der Waals surface area contributed by atoms with Gasteiger partial charge in [0.1, 0.15) is 6.61 Å². The molecular formula is C17H12N4O4S2. The molecule has 0 saturated heterocycles. The monoisotopic (exact) mass is 400 g/mol. The highest BCUT2D eigenvalue weighted by molar-refractivity contribution is 7.98. The number of thioether (sulfide) groups is 1. The highest BCUT2D eigenvalue weighted by Crippen LogP contribution is 2.36. The van der Waals surface area contributed by atoms with Crippen LogP contribution < -0.4 is 9.47 Å². The minimum atomic E-state index is -0.433. The van der Waals surface area contributed by atoms with E-state index in [9.17, 15) is 0 Å². The van der Waals surface area contributed by atoms with Crippen molar-refractivity contribution in [2.75, 3.05) is 6.61 Å². The number of hydrogen-bond acceptors (Lipinski definition) is 10. The first-order valence-electron chi connectivity index (χ1n) is 8.06. The van der Waals surface area contributed by atoms with Crippen LogP contribution in [0.2, 0.25) is 0 Å². The van der Waals surface area contributed by atoms with Crippen molar-refractivity contribution in [3.63, 3.8) is 0 Å². The Balaban J connectivity index is 1.23. The third kappa shape index (κ3) is 3.40. The van der Waals surface area contributed by atoms with Gasteiger partial charge in [0.25, 0.3) is 17.0 Å². The van der Waals surface area contributed by atoms with E-state index in [0.717, 1.165) is 4.88 Å². The van der Waals surface area contributed by atoms with Gasteiger partial charge in [-0.3, -0.25) is 0 Å². The van der Waals surface area contributed by atoms with Gasteiger partial charge in [0, 0.05) is 0 Å². The average molecular weight is 400 g/mol. The van der Waals surface area contributed by atoms with Crippen LogP contribution in [0.1, 0.15) is 17.8 Å². The molecule has 1 aliphatic heterocycles. The number of hydrogen-bond donors (Lipinski definition) is 0. The van der Waals surface area contributed by atoms with E-state index in [1.54, 1.807) is 11.3 Å². The lowest BCUT2D eigenvalue weighted by atomic mass is 10.2. The highest BCUT2D eigenvalue weighted by Gasteiger charge is 2.27. The molecule has 8 nitrogen and oxygen atoms in total. The lowest BCUT2D eigenvalue weighted by molar-refractivity contribution is 0.0686. The molecule has 0 fully saturated rings. The minimum Gasteiger partial charge on any atom is -0.485 e. The summed E-state index contributed by atoms with van der Waals surface area (Å²) < 4.78 is 22.5. The first kappa shape index (κ1) is 16.3. The molecule has 0 radical (unpaired) electrons. The fraction of sp³-hybridized carbons (Fsp3) is 0.176. The number of ether oxygens (including phenoxy) is 2. The summed E-state index contributed by atoms with van der Waals surface area (Å²) >= 11 is 2.88. The molecule has 136 valence electrons. The van der Waals surface area contributed by atoms with Gasteiger partial charge in [0.2, 0.25) is 6.10 Å². The molecule has 0 bridgehead atoms. The Morgan fingerprint density at radius 1 is 1.11 bits per heavy atom. The Labute approximate surface area is 161 Å². The Kier molecular flexibility index (Phi) is 4.26. The maximum absolute atomic E-state index is 5.87. The zero-order chi connectivity index (χ0) is 18.1. The van der Waals surface area contributed by atoms with Crippen LogP contribution in [0.3, 0.4) is 0 Å². The van der Waals surface area contributed by atoms with E-state index in [1.807, 2.05) is 41.8 Å². The molecule has 0 aliphatic carbocycles. The second-order valence-corrected chi connectivity index (χ2v) is 7.43. The molecule has 3 aromatic heterocycles. The van der Waals surface area contributed by atoms with Gasteiger partial charge in [-0.2, -0.15) is 4.98 Å². The Bertz CT molecular complexity index is 1050. The predicted octanol–water partition coefficient (Wildman–Crippen LogP) is 3.99. The molecule has 1 atom stereocenters. The highest BCUT2D eigenvalue weighted by atomic mass is 32.2. The number of thiophene rings is 1. The van der Waals surface area contributed by atoms with Gasteiger partial charge < -0.3 is 18.4 Å². The van der Waals surface area contributed by atoms with Crippen LogP contribution in [-0.4, -0.2) is 26.9 Å². The number of nitrogens with zero attached hydrogens (tertiary/aromatic N) is 4. The van der Waals surface area contributed by atoms with Gasteiger partial charge in [-0.15, -0.1) is 21.5 Å². The van der Waals surface area contributed by atoms with Gasteiger partial charge in [0.05, 0.1) is 10.6 Å². The van der Waals surface area contributed by atoms with E-state index < -0.39 is 6.10 Å². The van der Waals surface area contributed by atoms with Gasteiger partial charge >= 0.3 is 0 Å². The van der Waals surface area contributed by atoms with Crippen LogP contribution in [0.5, 0.6) is 11.5 Å². The van der Waals surface area contributed by atoms with Crippen LogP contribution in [0, 0.1) is 0 Å². The smallest absolute Gasteiger partial charge is 0.277 e. The maximum Gasteiger partial charge on any atom is 0.277 e. The summed E-state index contributed by atoms with van der Waals surface area (Å²) in [7, 11) is 0. The minimum absolute atomic E-state index is 0.318. The molecule has 4 aromatic rings. The van der Waals surface area contributed by atoms with Gasteiger partial charge in [0.15, 0.2) is 17.3 Å². The quantitative estimate of drug-likeness (QED) is 0.461. The van der Waals surface area contributed by atoms with E-state index >= 15 is 0 Å². The molecule has 0 saturated carbocycles. The fourth-order valence-corrected chi connectivity index (χ4v) is 3.75. The lowest BCUT2D eigenvalue weighted by Gasteiger charge is -2.23. The number of aromatic nitrogens is 4. The van der Waals surface area contributed by atoms with Crippen molar-refractivity contribution in [3.8, 4) is 22.3 Å². The van der Waals surface area contributed by atoms with Crippen molar-refractivity contribution in [1.82, 2.24) is 20.3 Å². The summed E-state index contributed by atoms with van der Waals surface area (Å²) in [6, 6.07) is 11.4. The maximum atomic E-state index is 5.87. The molecule has 0 spiro atoms. The molecule has 1 aliphatic rings. The van der Waals surface area contributed by atoms with Crippen LogP contribution in [0.4, 0.5) is 0 Å². The van der Waals surface area contributed by atoms with Crippen molar-refractivity contribution in [2.45, 2.75) is 17.1 Å². The molecule has 4 heterocycles.